The van der Waals surface area contributed by atoms with E-state index in [0.717, 1.165) is 16.8 Å². The van der Waals surface area contributed by atoms with Gasteiger partial charge in [-0.25, -0.2) is 9.67 Å². The SMILES string of the molecule is CC(=O)c1ccc(Cn2cc(CSc3nc(Cc4c(Cl)cccc4Cl)c(I)c(=O)[nH]3)nn2)cc1. The lowest BCUT2D eigenvalue weighted by Crippen LogP contribution is -2.16. The second-order valence-electron chi connectivity index (χ2n) is 7.46. The van der Waals surface area contributed by atoms with E-state index in [0.29, 0.717) is 48.7 Å². The van der Waals surface area contributed by atoms with Crippen LogP contribution in [-0.4, -0.2) is 30.7 Å². The normalized spacial score (nSPS) is 11.1. The van der Waals surface area contributed by atoms with Gasteiger partial charge in [-0.05, 0) is 52.8 Å². The number of Topliss-reactive ketones (excluding diaryl/α,β-unsaturated/α-hetero) is 1. The minimum atomic E-state index is -0.214. The van der Waals surface area contributed by atoms with Crippen molar-refractivity contribution in [3.63, 3.8) is 0 Å². The molecular formula is C23H18Cl2IN5O2S. The molecule has 2 aromatic heterocycles. The maximum atomic E-state index is 12.5. The van der Waals surface area contributed by atoms with Crippen LogP contribution in [0.15, 0.2) is 58.6 Å². The van der Waals surface area contributed by atoms with Gasteiger partial charge in [-0.2, -0.15) is 0 Å². The van der Waals surface area contributed by atoms with Crippen molar-refractivity contribution in [2.45, 2.75) is 30.8 Å². The number of nitrogens with zero attached hydrogens (tertiary/aromatic N) is 4. The summed E-state index contributed by atoms with van der Waals surface area (Å²) in [6.07, 6.45) is 2.20. The van der Waals surface area contributed by atoms with E-state index in [1.54, 1.807) is 41.9 Å². The van der Waals surface area contributed by atoms with Crippen molar-refractivity contribution in [3.05, 3.63) is 101 Å². The number of hydrogen-bond donors (Lipinski definition) is 1. The van der Waals surface area contributed by atoms with E-state index in [4.69, 9.17) is 23.2 Å². The van der Waals surface area contributed by atoms with Crippen LogP contribution in [-0.2, 0) is 18.7 Å². The zero-order valence-corrected chi connectivity index (χ0v) is 22.4. The van der Waals surface area contributed by atoms with Gasteiger partial charge in [0.15, 0.2) is 10.9 Å². The molecule has 0 radical (unpaired) electrons. The summed E-state index contributed by atoms with van der Waals surface area (Å²) in [5.41, 5.74) is 3.57. The van der Waals surface area contributed by atoms with Crippen LogP contribution in [0.3, 0.4) is 0 Å². The summed E-state index contributed by atoms with van der Waals surface area (Å²) >= 11 is 15.9. The van der Waals surface area contributed by atoms with Crippen LogP contribution in [0, 0.1) is 3.57 Å². The van der Waals surface area contributed by atoms with Crippen molar-refractivity contribution >= 4 is 63.3 Å². The van der Waals surface area contributed by atoms with Gasteiger partial charge in [0.1, 0.15) is 3.57 Å². The highest BCUT2D eigenvalue weighted by Gasteiger charge is 2.14. The van der Waals surface area contributed by atoms with E-state index in [1.165, 1.54) is 11.8 Å². The van der Waals surface area contributed by atoms with Gasteiger partial charge in [-0.15, -0.1) is 5.10 Å². The molecule has 0 unspecified atom stereocenters. The highest BCUT2D eigenvalue weighted by molar-refractivity contribution is 14.1. The lowest BCUT2D eigenvalue weighted by atomic mass is 10.1. The minimum Gasteiger partial charge on any atom is -0.301 e. The average Bonchev–Trinajstić information content (AvgIpc) is 3.25. The van der Waals surface area contributed by atoms with Crippen molar-refractivity contribution in [1.29, 1.82) is 0 Å². The highest BCUT2D eigenvalue weighted by Crippen LogP contribution is 2.28. The van der Waals surface area contributed by atoms with Gasteiger partial charge in [-0.1, -0.05) is 70.5 Å². The van der Waals surface area contributed by atoms with Gasteiger partial charge in [-0.3, -0.25) is 9.59 Å². The Balaban J connectivity index is 1.44. The van der Waals surface area contributed by atoms with E-state index in [1.807, 2.05) is 40.9 Å². The van der Waals surface area contributed by atoms with Crippen LogP contribution < -0.4 is 5.56 Å². The van der Waals surface area contributed by atoms with Crippen molar-refractivity contribution in [1.82, 2.24) is 25.0 Å². The number of nitrogens with one attached hydrogen (secondary N) is 1. The summed E-state index contributed by atoms with van der Waals surface area (Å²) in [5.74, 6) is 0.519. The number of thioether (sulfide) groups is 1. The summed E-state index contributed by atoms with van der Waals surface area (Å²) in [5, 5.41) is 9.93. The molecule has 1 N–H and O–H groups in total. The van der Waals surface area contributed by atoms with Crippen LogP contribution in [0.2, 0.25) is 10.0 Å². The first kappa shape index (κ1) is 24.9. The van der Waals surface area contributed by atoms with Crippen LogP contribution in [0.1, 0.15) is 39.8 Å². The Hall–Kier alpha value is -2.21. The predicted molar refractivity (Wildman–Crippen MR) is 142 cm³/mol. The third-order valence-electron chi connectivity index (χ3n) is 4.96. The largest absolute Gasteiger partial charge is 0.301 e. The maximum absolute atomic E-state index is 12.5. The molecule has 0 saturated heterocycles. The number of H-pyrrole nitrogens is 1. The zero-order valence-electron chi connectivity index (χ0n) is 17.9. The number of carbonyl (C=O) groups is 1. The van der Waals surface area contributed by atoms with E-state index >= 15 is 0 Å². The molecule has 0 atom stereocenters. The topological polar surface area (TPSA) is 93.5 Å². The second-order valence-corrected chi connectivity index (χ2v) is 10.3. The summed E-state index contributed by atoms with van der Waals surface area (Å²) in [4.78, 5) is 31.3. The molecule has 0 amide bonds. The number of halogens is 3. The van der Waals surface area contributed by atoms with E-state index < -0.39 is 0 Å². The molecule has 4 rings (SSSR count). The summed E-state index contributed by atoms with van der Waals surface area (Å²) in [6, 6.07) is 12.7. The van der Waals surface area contributed by atoms with Crippen molar-refractivity contribution < 1.29 is 4.79 Å². The smallest absolute Gasteiger partial charge is 0.265 e. The first-order valence-corrected chi connectivity index (χ1v) is 13.0. The molecule has 7 nitrogen and oxygen atoms in total. The van der Waals surface area contributed by atoms with Gasteiger partial charge in [0.2, 0.25) is 0 Å². The average molecular weight is 626 g/mol. The Bertz CT molecular complexity index is 1390. The van der Waals surface area contributed by atoms with E-state index in [-0.39, 0.29) is 11.3 Å². The molecule has 0 aliphatic rings. The number of hydrogen-bond acceptors (Lipinski definition) is 6. The predicted octanol–water partition coefficient (Wildman–Crippen LogP) is 5.41. The van der Waals surface area contributed by atoms with Gasteiger partial charge >= 0.3 is 0 Å². The molecule has 0 fully saturated rings. The molecule has 0 saturated carbocycles. The summed E-state index contributed by atoms with van der Waals surface area (Å²) in [6.45, 7) is 2.08. The molecule has 0 bridgehead atoms. The fourth-order valence-electron chi connectivity index (χ4n) is 3.19. The Kier molecular flexibility index (Phi) is 8.07. The quantitative estimate of drug-likeness (QED) is 0.122. The summed E-state index contributed by atoms with van der Waals surface area (Å²) < 4.78 is 2.23. The lowest BCUT2D eigenvalue weighted by molar-refractivity contribution is 0.101. The lowest BCUT2D eigenvalue weighted by Gasteiger charge is -2.09. The molecule has 0 spiro atoms. The first-order chi connectivity index (χ1) is 16.3. The van der Waals surface area contributed by atoms with Crippen molar-refractivity contribution in [2.24, 2.45) is 0 Å². The fourth-order valence-corrected chi connectivity index (χ4v) is 4.93. The maximum Gasteiger partial charge on any atom is 0.265 e. The Morgan fingerprint density at radius 1 is 1.15 bits per heavy atom. The Morgan fingerprint density at radius 2 is 1.85 bits per heavy atom. The zero-order chi connectivity index (χ0) is 24.2. The number of aromatic amines is 1. The third kappa shape index (κ3) is 6.07. The van der Waals surface area contributed by atoms with E-state index in [9.17, 15) is 9.59 Å². The van der Waals surface area contributed by atoms with Gasteiger partial charge in [0.05, 0.1) is 17.9 Å². The number of benzene rings is 2. The van der Waals surface area contributed by atoms with Crippen LogP contribution >= 0.6 is 57.6 Å². The Labute approximate surface area is 223 Å². The molecular weight excluding hydrogens is 608 g/mol. The Morgan fingerprint density at radius 3 is 2.53 bits per heavy atom. The number of ketones is 1. The second kappa shape index (κ2) is 11.0. The summed E-state index contributed by atoms with van der Waals surface area (Å²) in [7, 11) is 0. The number of carbonyl (C=O) groups excluding carboxylic acids is 1. The molecule has 11 heteroatoms. The van der Waals surface area contributed by atoms with Gasteiger partial charge in [0.25, 0.3) is 5.56 Å². The van der Waals surface area contributed by atoms with Crippen LogP contribution in [0.5, 0.6) is 0 Å². The minimum absolute atomic E-state index is 0.0342. The van der Waals surface area contributed by atoms with Gasteiger partial charge < -0.3 is 4.98 Å². The number of rotatable bonds is 8. The fraction of sp³-hybridized carbons (Fsp3) is 0.174. The first-order valence-electron chi connectivity index (χ1n) is 10.1. The molecule has 0 aliphatic carbocycles. The monoisotopic (exact) mass is 625 g/mol. The molecule has 2 aromatic carbocycles. The molecule has 4 aromatic rings. The molecule has 2 heterocycles. The highest BCUT2D eigenvalue weighted by atomic mass is 127. The third-order valence-corrected chi connectivity index (χ3v) is 7.69. The van der Waals surface area contributed by atoms with Crippen LogP contribution in [0.4, 0.5) is 0 Å². The number of aromatic nitrogens is 5. The molecule has 0 aliphatic heterocycles. The van der Waals surface area contributed by atoms with Crippen molar-refractivity contribution in [3.8, 4) is 0 Å². The van der Waals surface area contributed by atoms with Crippen molar-refractivity contribution in [2.75, 3.05) is 0 Å². The van der Waals surface area contributed by atoms with Gasteiger partial charge in [0, 0.05) is 34.0 Å². The van der Waals surface area contributed by atoms with E-state index in [2.05, 4.69) is 20.3 Å². The standard InChI is InChI=1S/C23H18Cl2IN5O2S/c1-13(32)15-7-5-14(6-8-15)10-31-11-16(29-30-31)12-34-23-27-20(21(26)22(33)28-23)9-17-18(24)3-2-4-19(17)25/h2-8,11H,9-10,12H2,1H3,(H,27,28,33). The molecule has 34 heavy (non-hydrogen) atoms. The van der Waals surface area contributed by atoms with Crippen LogP contribution in [0.25, 0.3) is 0 Å². The molecule has 174 valence electrons.